The van der Waals surface area contributed by atoms with Gasteiger partial charge in [-0.2, -0.15) is 5.10 Å². The van der Waals surface area contributed by atoms with Gasteiger partial charge < -0.3 is 24.6 Å². The number of alkyl halides is 2. The highest BCUT2D eigenvalue weighted by Gasteiger charge is 2.40. The van der Waals surface area contributed by atoms with Crippen LogP contribution in [0.5, 0.6) is 0 Å². The van der Waals surface area contributed by atoms with Crippen molar-refractivity contribution in [2.24, 2.45) is 13.0 Å². The smallest absolute Gasteiger partial charge is 0.329 e. The summed E-state index contributed by atoms with van der Waals surface area (Å²) in [6, 6.07) is 11.8. The summed E-state index contributed by atoms with van der Waals surface area (Å²) in [6.07, 6.45) is 7.89. The van der Waals surface area contributed by atoms with Gasteiger partial charge in [0.25, 0.3) is 12.3 Å². The molecule has 7 heterocycles. The first kappa shape index (κ1) is 42.0. The van der Waals surface area contributed by atoms with E-state index in [9.17, 15) is 28.0 Å². The van der Waals surface area contributed by atoms with E-state index < -0.39 is 24.3 Å². The average Bonchev–Trinajstić information content (AvgIpc) is 4.10. The van der Waals surface area contributed by atoms with E-state index in [1.54, 1.807) is 31.4 Å². The highest BCUT2D eigenvalue weighted by molar-refractivity contribution is 6.08. The average molecular weight is 876 g/mol. The molecule has 15 nitrogen and oxygen atoms in total. The lowest BCUT2D eigenvalue weighted by molar-refractivity contribution is -0.135. The molecule has 5 aliphatic rings. The molecule has 3 aromatic heterocycles. The molecule has 3 atom stereocenters. The third-order valence-electron chi connectivity index (χ3n) is 14.0. The van der Waals surface area contributed by atoms with Gasteiger partial charge in [0.15, 0.2) is 5.65 Å². The van der Waals surface area contributed by atoms with Gasteiger partial charge in [-0.1, -0.05) is 30.0 Å². The van der Waals surface area contributed by atoms with Crippen molar-refractivity contribution in [1.82, 2.24) is 33.9 Å². The van der Waals surface area contributed by atoms with Crippen LogP contribution in [0.3, 0.4) is 0 Å². The van der Waals surface area contributed by atoms with Gasteiger partial charge in [-0.3, -0.25) is 28.8 Å². The maximum Gasteiger partial charge on any atom is 0.329 e. The standard InChI is InChI=1S/C47H51F2N9O6/c1-54-42-30(4-2-6-38(42)58(47(54)62)39-13-14-41(59)53-46(39)61)5-3-21-63-33-15-18-55(19-16-33)25-28-7-9-29(10-8-28)31-11-12-35(43(48)49)37(22-31)51-45(60)36-24-50-57-20-17-40(52-44(36)57)56-26-34-23-32(56)27-64-34/h2,4,6,11-12,17,20,22,24,28-29,32-34,39,43H,7-10,13-16,18-19,21,23,25-27H2,1H3,(H,51,60)(H,53,59,61)/t28?,29?,32-,34-,39?/m1/s1. The predicted molar refractivity (Wildman–Crippen MR) is 233 cm³/mol. The number of aromatic nitrogens is 5. The van der Waals surface area contributed by atoms with Crippen molar-refractivity contribution in [2.75, 3.05) is 49.6 Å². The number of anilines is 2. The number of ether oxygens (including phenoxy) is 2. The Morgan fingerprint density at radius 3 is 2.62 bits per heavy atom. The fourth-order valence-electron chi connectivity index (χ4n) is 10.5. The molecule has 3 amide bonds. The molecule has 334 valence electrons. The number of nitrogens with zero attached hydrogens (tertiary/aromatic N) is 7. The van der Waals surface area contributed by atoms with Gasteiger partial charge in [0, 0.05) is 51.4 Å². The van der Waals surface area contributed by atoms with Crippen LogP contribution < -0.4 is 21.2 Å². The van der Waals surface area contributed by atoms with Gasteiger partial charge in [-0.25, -0.2) is 23.1 Å². The molecule has 17 heteroatoms. The molecule has 64 heavy (non-hydrogen) atoms. The Labute approximate surface area is 368 Å². The van der Waals surface area contributed by atoms with Crippen LogP contribution in [0.1, 0.15) is 103 Å². The van der Waals surface area contributed by atoms with E-state index in [-0.39, 0.29) is 72.0 Å². The summed E-state index contributed by atoms with van der Waals surface area (Å²) in [7, 11) is 1.66. The number of benzene rings is 2. The van der Waals surface area contributed by atoms with Crippen LogP contribution in [0, 0.1) is 17.8 Å². The van der Waals surface area contributed by atoms with E-state index in [1.807, 2.05) is 18.2 Å². The Hall–Kier alpha value is -5.96. The van der Waals surface area contributed by atoms with Gasteiger partial charge in [0.05, 0.1) is 53.3 Å². The number of likely N-dealkylation sites (tertiary alicyclic amines) is 1. The lowest BCUT2D eigenvalue weighted by Crippen LogP contribution is -2.44. The molecule has 5 fully saturated rings. The fraction of sp³-hybridized carbons (Fsp3) is 0.489. The Kier molecular flexibility index (Phi) is 11.5. The summed E-state index contributed by atoms with van der Waals surface area (Å²) in [6.45, 7) is 4.52. The first-order valence-electron chi connectivity index (χ1n) is 22.4. The zero-order valence-electron chi connectivity index (χ0n) is 35.7. The van der Waals surface area contributed by atoms with Gasteiger partial charge in [0.1, 0.15) is 24.0 Å². The van der Waals surface area contributed by atoms with Crippen LogP contribution in [-0.4, -0.2) is 104 Å². The summed E-state index contributed by atoms with van der Waals surface area (Å²) < 4.78 is 45.0. The normalized spacial score (nSPS) is 24.1. The first-order valence-corrected chi connectivity index (χ1v) is 22.4. The maximum atomic E-state index is 14.3. The highest BCUT2D eigenvalue weighted by Crippen LogP contribution is 2.39. The van der Waals surface area contributed by atoms with Crippen LogP contribution in [-0.2, 0) is 26.1 Å². The number of carbonyl (C=O) groups excluding carboxylic acids is 3. The lowest BCUT2D eigenvalue weighted by atomic mass is 9.78. The molecular formula is C47H51F2N9O6. The van der Waals surface area contributed by atoms with Crippen molar-refractivity contribution in [3.8, 4) is 11.8 Å². The van der Waals surface area contributed by atoms with Crippen LogP contribution in [0.25, 0.3) is 16.7 Å². The number of aryl methyl sites for hydroxylation is 1. The Morgan fingerprint density at radius 1 is 1.05 bits per heavy atom. The van der Waals surface area contributed by atoms with Crippen molar-refractivity contribution in [2.45, 2.75) is 94.4 Å². The second kappa shape index (κ2) is 17.5. The molecule has 4 aliphatic heterocycles. The maximum absolute atomic E-state index is 14.3. The minimum absolute atomic E-state index is 0.100. The van der Waals surface area contributed by atoms with E-state index in [0.29, 0.717) is 34.8 Å². The van der Waals surface area contributed by atoms with E-state index >= 15 is 0 Å². The number of halogens is 2. The largest absolute Gasteiger partial charge is 0.374 e. The number of carbonyl (C=O) groups is 3. The van der Waals surface area contributed by atoms with Crippen LogP contribution in [0.4, 0.5) is 20.3 Å². The zero-order chi connectivity index (χ0) is 44.1. The number of rotatable bonds is 10. The molecule has 1 aliphatic carbocycles. The third kappa shape index (κ3) is 8.18. The molecule has 10 rings (SSSR count). The second-order valence-electron chi connectivity index (χ2n) is 17.9. The molecule has 2 bridgehead atoms. The van der Waals surface area contributed by atoms with Crippen LogP contribution in [0.15, 0.2) is 59.7 Å². The minimum atomic E-state index is -2.75. The summed E-state index contributed by atoms with van der Waals surface area (Å²) >= 11 is 0. The number of hydrogen-bond donors (Lipinski definition) is 2. The van der Waals surface area contributed by atoms with E-state index in [4.69, 9.17) is 14.5 Å². The van der Waals surface area contributed by atoms with Crippen molar-refractivity contribution < 1.29 is 32.6 Å². The van der Waals surface area contributed by atoms with Gasteiger partial charge in [-0.15, -0.1) is 0 Å². The number of piperidine rings is 2. The number of amides is 3. The highest BCUT2D eigenvalue weighted by atomic mass is 19.3. The molecular weight excluding hydrogens is 825 g/mol. The van der Waals surface area contributed by atoms with Crippen LogP contribution >= 0.6 is 0 Å². The topological polar surface area (TPSA) is 157 Å². The van der Waals surface area contributed by atoms with E-state index in [1.165, 1.54) is 25.9 Å². The molecule has 0 radical (unpaired) electrons. The van der Waals surface area contributed by atoms with Gasteiger partial charge in [-0.05, 0) is 93.0 Å². The number of fused-ring (bicyclic) bond motifs is 4. The Balaban J connectivity index is 0.708. The monoisotopic (exact) mass is 875 g/mol. The summed E-state index contributed by atoms with van der Waals surface area (Å²) in [5.74, 6) is 6.47. The number of para-hydroxylation sites is 1. The van der Waals surface area contributed by atoms with Crippen molar-refractivity contribution in [1.29, 1.82) is 0 Å². The van der Waals surface area contributed by atoms with Crippen molar-refractivity contribution in [3.05, 3.63) is 87.6 Å². The van der Waals surface area contributed by atoms with Crippen molar-refractivity contribution in [3.63, 3.8) is 0 Å². The molecule has 4 saturated heterocycles. The minimum Gasteiger partial charge on any atom is -0.374 e. The molecule has 1 unspecified atom stereocenters. The van der Waals surface area contributed by atoms with Gasteiger partial charge in [0.2, 0.25) is 11.8 Å². The number of imidazole rings is 1. The first-order chi connectivity index (χ1) is 31.1. The second-order valence-corrected chi connectivity index (χ2v) is 17.9. The summed E-state index contributed by atoms with van der Waals surface area (Å²) in [5, 5.41) is 9.45. The number of nitrogens with one attached hydrogen (secondary N) is 2. The SMILES string of the molecule is Cn1c(=O)n(C2CCC(=O)NC2=O)c2cccc(C#CCOC3CCN(CC4CCC(c5ccc(C(F)F)c(NC(=O)c6cnn7ccc(N8C[C@H]9C[C@@H]8CO9)nc67)c5)CC4)CC3)c21. The Bertz CT molecular complexity index is 2740. The molecule has 1 saturated carbocycles. The van der Waals surface area contributed by atoms with Gasteiger partial charge >= 0.3 is 5.69 Å². The quantitative estimate of drug-likeness (QED) is 0.139. The molecule has 5 aromatic rings. The van der Waals surface area contributed by atoms with E-state index in [2.05, 4.69) is 37.4 Å². The molecule has 2 aromatic carbocycles. The molecule has 0 spiro atoms. The summed E-state index contributed by atoms with van der Waals surface area (Å²) in [4.78, 5) is 60.7. The third-order valence-corrected chi connectivity index (χ3v) is 14.0. The lowest BCUT2D eigenvalue weighted by Gasteiger charge is -2.36. The predicted octanol–water partition coefficient (Wildman–Crippen LogP) is 5.33. The number of hydrogen-bond acceptors (Lipinski definition) is 10. The fourth-order valence-corrected chi connectivity index (χ4v) is 10.5. The number of morpholine rings is 1. The van der Waals surface area contributed by atoms with Crippen molar-refractivity contribution >= 4 is 45.9 Å². The van der Waals surface area contributed by atoms with E-state index in [0.717, 1.165) is 82.5 Å². The summed E-state index contributed by atoms with van der Waals surface area (Å²) in [5.41, 5.74) is 3.02. The Morgan fingerprint density at radius 2 is 1.88 bits per heavy atom. The zero-order valence-corrected chi connectivity index (χ0v) is 35.7. The molecule has 2 N–H and O–H groups in total. The number of imide groups is 1. The van der Waals surface area contributed by atoms with Crippen LogP contribution in [0.2, 0.25) is 0 Å².